The molecule has 2 bridgehead atoms. The molecule has 33 heavy (non-hydrogen) atoms. The molecule has 7 heteroatoms. The average Bonchev–Trinajstić information content (AvgIpc) is 3.29. The molecule has 0 unspecified atom stereocenters. The van der Waals surface area contributed by atoms with E-state index < -0.39 is 0 Å². The average molecular weight is 480 g/mol. The summed E-state index contributed by atoms with van der Waals surface area (Å²) in [7, 11) is 1.95. The van der Waals surface area contributed by atoms with Crippen LogP contribution < -0.4 is 0 Å². The minimum Gasteiger partial charge on any atom is -0.461 e. The van der Waals surface area contributed by atoms with Crippen molar-refractivity contribution in [3.05, 3.63) is 75.1 Å². The number of rotatable bonds is 2. The Balaban J connectivity index is 1.42. The van der Waals surface area contributed by atoms with Gasteiger partial charge in [-0.25, -0.2) is 0 Å². The summed E-state index contributed by atoms with van der Waals surface area (Å²) in [4.78, 5) is 15.8. The largest absolute Gasteiger partial charge is 0.461 e. The van der Waals surface area contributed by atoms with E-state index in [0.717, 1.165) is 59.4 Å². The second kappa shape index (κ2) is 7.64. The normalized spacial score (nSPS) is 19.7. The maximum atomic E-state index is 13.7. The van der Waals surface area contributed by atoms with E-state index in [1.54, 1.807) is 6.07 Å². The van der Waals surface area contributed by atoms with Gasteiger partial charge in [0.1, 0.15) is 11.3 Å². The number of halogens is 2. The molecule has 5 nitrogen and oxygen atoms in total. The number of aryl methyl sites for hydroxylation is 2. The van der Waals surface area contributed by atoms with Gasteiger partial charge >= 0.3 is 0 Å². The van der Waals surface area contributed by atoms with Crippen molar-refractivity contribution in [1.29, 1.82) is 0 Å². The second-order valence-corrected chi connectivity index (χ2v) is 9.99. The molecule has 4 heterocycles. The Morgan fingerprint density at radius 3 is 2.67 bits per heavy atom. The third-order valence-electron chi connectivity index (χ3n) is 6.94. The third-order valence-corrected chi connectivity index (χ3v) is 7.37. The van der Waals surface area contributed by atoms with Crippen molar-refractivity contribution in [3.63, 3.8) is 0 Å². The Morgan fingerprint density at radius 2 is 1.88 bits per heavy atom. The zero-order chi connectivity index (χ0) is 22.9. The summed E-state index contributed by atoms with van der Waals surface area (Å²) in [6, 6.07) is 13.4. The maximum Gasteiger partial charge on any atom is 0.254 e. The molecular formula is C26H23Cl2N3O2. The summed E-state index contributed by atoms with van der Waals surface area (Å²) >= 11 is 12.6. The number of piperidine rings is 1. The summed E-state index contributed by atoms with van der Waals surface area (Å²) < 4.78 is 7.69. The Hall–Kier alpha value is -2.76. The molecule has 2 aromatic heterocycles. The van der Waals surface area contributed by atoms with Gasteiger partial charge in [0.15, 0.2) is 0 Å². The number of hydrogen-bond donors (Lipinski definition) is 0. The summed E-state index contributed by atoms with van der Waals surface area (Å²) in [5.41, 5.74) is 5.59. The molecule has 4 aromatic rings. The molecule has 0 radical (unpaired) electrons. The van der Waals surface area contributed by atoms with Crippen molar-refractivity contribution >= 4 is 40.1 Å². The number of benzene rings is 2. The van der Waals surface area contributed by atoms with Crippen LogP contribution in [-0.4, -0.2) is 26.6 Å². The molecule has 1 amide bonds. The first-order valence-corrected chi connectivity index (χ1v) is 12.0. The first kappa shape index (κ1) is 20.8. The van der Waals surface area contributed by atoms with Crippen LogP contribution in [0.15, 0.2) is 46.9 Å². The zero-order valence-corrected chi connectivity index (χ0v) is 20.0. The van der Waals surface area contributed by atoms with Crippen molar-refractivity contribution in [1.82, 2.24) is 14.7 Å². The van der Waals surface area contributed by atoms with E-state index >= 15 is 0 Å². The van der Waals surface area contributed by atoms with Crippen molar-refractivity contribution in [2.45, 2.75) is 44.7 Å². The topological polar surface area (TPSA) is 51.3 Å². The molecule has 0 N–H and O–H groups in total. The van der Waals surface area contributed by atoms with Gasteiger partial charge in [0, 0.05) is 45.2 Å². The van der Waals surface area contributed by atoms with Crippen molar-refractivity contribution in [2.75, 3.05) is 0 Å². The van der Waals surface area contributed by atoms with Crippen molar-refractivity contribution in [3.8, 4) is 11.3 Å². The summed E-state index contributed by atoms with van der Waals surface area (Å²) in [5, 5.41) is 7.12. The van der Waals surface area contributed by atoms with Gasteiger partial charge in [-0.15, -0.1) is 0 Å². The number of carbonyl (C=O) groups excluding carboxylic acids is 1. The van der Waals surface area contributed by atoms with Gasteiger partial charge in [-0.05, 0) is 69.0 Å². The molecule has 1 saturated heterocycles. The van der Waals surface area contributed by atoms with Crippen LogP contribution in [0, 0.1) is 6.92 Å². The molecule has 0 aliphatic carbocycles. The van der Waals surface area contributed by atoms with Crippen LogP contribution >= 0.6 is 23.2 Å². The number of carbonyl (C=O) groups is 1. The van der Waals surface area contributed by atoms with Crippen molar-refractivity contribution in [2.24, 2.45) is 7.05 Å². The van der Waals surface area contributed by atoms with Crippen molar-refractivity contribution < 1.29 is 9.21 Å². The SMILES string of the molecule is Cc1cc2ccc(C(=O)N3[C@H]4CCC[C@@H]3c3nn(C)c(-c5cc(Cl)cc(Cl)c5)c3C4)cc2o1. The molecule has 2 aromatic carbocycles. The zero-order valence-electron chi connectivity index (χ0n) is 18.4. The Bertz CT molecular complexity index is 1400. The number of fused-ring (bicyclic) bond motifs is 5. The lowest BCUT2D eigenvalue weighted by atomic mass is 9.81. The van der Waals surface area contributed by atoms with Crippen LogP contribution in [0.3, 0.4) is 0 Å². The van der Waals surface area contributed by atoms with E-state index in [2.05, 4.69) is 4.90 Å². The van der Waals surface area contributed by atoms with Crippen LogP contribution in [0.1, 0.15) is 52.7 Å². The standard InChI is InChI=1S/C26H23Cl2N3O2/c1-14-8-15-6-7-16(11-23(15)33-14)26(32)31-20-4-3-5-22(31)24-21(13-20)25(30(2)29-24)17-9-18(27)12-19(28)10-17/h6-12,20,22H,3-5,13H2,1-2H3/t20-,22+/m0/s1. The fraction of sp³-hybridized carbons (Fsp3) is 0.308. The number of amides is 1. The minimum absolute atomic E-state index is 0.0383. The third kappa shape index (κ3) is 3.37. The number of furan rings is 1. The first-order chi connectivity index (χ1) is 15.9. The Kier molecular flexibility index (Phi) is 4.82. The summed E-state index contributed by atoms with van der Waals surface area (Å²) in [6.07, 6.45) is 3.75. The van der Waals surface area contributed by atoms with Gasteiger partial charge in [-0.2, -0.15) is 5.10 Å². The molecule has 0 spiro atoms. The molecule has 6 rings (SSSR count). The van der Waals surface area contributed by atoms with E-state index in [4.69, 9.17) is 32.7 Å². The lowest BCUT2D eigenvalue weighted by molar-refractivity contribution is 0.0392. The molecular weight excluding hydrogens is 457 g/mol. The molecule has 2 atom stereocenters. The van der Waals surface area contributed by atoms with Gasteiger partial charge in [0.2, 0.25) is 0 Å². The fourth-order valence-electron chi connectivity index (χ4n) is 5.65. The molecule has 2 aliphatic rings. The highest BCUT2D eigenvalue weighted by Gasteiger charge is 2.43. The number of aromatic nitrogens is 2. The predicted octanol–water partition coefficient (Wildman–Crippen LogP) is 6.74. The highest BCUT2D eigenvalue weighted by Crippen LogP contribution is 2.45. The van der Waals surface area contributed by atoms with Gasteiger partial charge in [-0.3, -0.25) is 9.48 Å². The van der Waals surface area contributed by atoms with Gasteiger partial charge < -0.3 is 9.32 Å². The van der Waals surface area contributed by atoms with E-state index in [-0.39, 0.29) is 18.0 Å². The van der Waals surface area contributed by atoms with Gasteiger partial charge in [0.25, 0.3) is 5.91 Å². The summed E-state index contributed by atoms with van der Waals surface area (Å²) in [5.74, 6) is 0.889. The highest BCUT2D eigenvalue weighted by atomic mass is 35.5. The number of nitrogens with zero attached hydrogens (tertiary/aromatic N) is 3. The van der Waals surface area contributed by atoms with Gasteiger partial charge in [-0.1, -0.05) is 29.3 Å². The van der Waals surface area contributed by atoms with Crippen LogP contribution in [-0.2, 0) is 13.5 Å². The van der Waals surface area contributed by atoms with Crippen LogP contribution in [0.2, 0.25) is 10.0 Å². The molecule has 168 valence electrons. The first-order valence-electron chi connectivity index (χ1n) is 11.2. The monoisotopic (exact) mass is 479 g/mol. The Labute approximate surface area is 201 Å². The van der Waals surface area contributed by atoms with E-state index in [1.807, 2.05) is 55.1 Å². The predicted molar refractivity (Wildman–Crippen MR) is 130 cm³/mol. The Morgan fingerprint density at radius 1 is 1.09 bits per heavy atom. The molecule has 1 fully saturated rings. The lowest BCUT2D eigenvalue weighted by Gasteiger charge is -2.45. The molecule has 2 aliphatic heterocycles. The van der Waals surface area contributed by atoms with Crippen LogP contribution in [0.25, 0.3) is 22.2 Å². The lowest BCUT2D eigenvalue weighted by Crippen LogP contribution is -2.49. The maximum absolute atomic E-state index is 13.7. The second-order valence-electron chi connectivity index (χ2n) is 9.12. The van der Waals surface area contributed by atoms with E-state index in [1.165, 1.54) is 5.56 Å². The number of hydrogen-bond acceptors (Lipinski definition) is 3. The van der Waals surface area contributed by atoms with Crippen LogP contribution in [0.5, 0.6) is 0 Å². The quantitative estimate of drug-likeness (QED) is 0.319. The highest BCUT2D eigenvalue weighted by molar-refractivity contribution is 6.35. The molecule has 0 saturated carbocycles. The van der Waals surface area contributed by atoms with Gasteiger partial charge in [0.05, 0.1) is 17.4 Å². The minimum atomic E-state index is -0.0383. The van der Waals surface area contributed by atoms with E-state index in [0.29, 0.717) is 15.6 Å². The fourth-order valence-corrected chi connectivity index (χ4v) is 6.17. The van der Waals surface area contributed by atoms with E-state index in [9.17, 15) is 4.79 Å². The van der Waals surface area contributed by atoms with Crippen LogP contribution in [0.4, 0.5) is 0 Å². The summed E-state index contributed by atoms with van der Waals surface area (Å²) in [6.45, 7) is 1.92. The smallest absolute Gasteiger partial charge is 0.254 e.